The van der Waals surface area contributed by atoms with Crippen LogP contribution in [-0.2, 0) is 0 Å². The maximum absolute atomic E-state index is 6.23. The third-order valence-corrected chi connectivity index (χ3v) is 3.21. The lowest BCUT2D eigenvalue weighted by Crippen LogP contribution is -2.70. The Kier molecular flexibility index (Phi) is 2.38. The van der Waals surface area contributed by atoms with Gasteiger partial charge in [0.25, 0.3) is 0 Å². The van der Waals surface area contributed by atoms with Gasteiger partial charge in [0, 0.05) is 19.3 Å². The minimum atomic E-state index is -0.0428. The van der Waals surface area contributed by atoms with E-state index in [4.69, 9.17) is 5.73 Å². The molecule has 0 saturated carbocycles. The zero-order valence-corrected chi connectivity index (χ0v) is 9.57. The predicted molar refractivity (Wildman–Crippen MR) is 60.7 cm³/mol. The monoisotopic (exact) mass is 206 g/mol. The van der Waals surface area contributed by atoms with Gasteiger partial charge in [0.05, 0.1) is 5.54 Å². The molecular formula is C11H18N4. The van der Waals surface area contributed by atoms with Gasteiger partial charge in [-0.25, -0.2) is 9.97 Å². The van der Waals surface area contributed by atoms with Crippen LogP contribution in [0.15, 0.2) is 12.3 Å². The van der Waals surface area contributed by atoms with Crippen LogP contribution in [0.1, 0.15) is 19.7 Å². The largest absolute Gasteiger partial charge is 0.353 e. The average Bonchev–Trinajstić information content (AvgIpc) is 2.12. The maximum atomic E-state index is 6.23. The van der Waals surface area contributed by atoms with E-state index in [-0.39, 0.29) is 5.54 Å². The molecule has 1 saturated heterocycles. The summed E-state index contributed by atoms with van der Waals surface area (Å²) in [6, 6.07) is 1.94. The lowest BCUT2D eigenvalue weighted by atomic mass is 9.80. The Morgan fingerprint density at radius 2 is 2.13 bits per heavy atom. The summed E-state index contributed by atoms with van der Waals surface area (Å²) in [5.41, 5.74) is 6.18. The minimum Gasteiger partial charge on any atom is -0.353 e. The van der Waals surface area contributed by atoms with Crippen LogP contribution in [0.25, 0.3) is 0 Å². The van der Waals surface area contributed by atoms with Crippen molar-refractivity contribution in [3.8, 4) is 0 Å². The Hall–Kier alpha value is -1.16. The van der Waals surface area contributed by atoms with E-state index in [1.807, 2.05) is 13.0 Å². The summed E-state index contributed by atoms with van der Waals surface area (Å²) in [6.07, 6.45) is 1.80. The summed E-state index contributed by atoms with van der Waals surface area (Å²) >= 11 is 0. The molecule has 4 nitrogen and oxygen atoms in total. The van der Waals surface area contributed by atoms with Crippen LogP contribution in [0.3, 0.4) is 0 Å². The van der Waals surface area contributed by atoms with Crippen molar-refractivity contribution in [2.45, 2.75) is 26.3 Å². The maximum Gasteiger partial charge on any atom is 0.132 e. The first-order chi connectivity index (χ1) is 7.01. The molecule has 0 aromatic carbocycles. The lowest BCUT2D eigenvalue weighted by Gasteiger charge is -2.51. The zero-order valence-electron chi connectivity index (χ0n) is 9.57. The van der Waals surface area contributed by atoms with E-state index in [0.717, 1.165) is 24.7 Å². The van der Waals surface area contributed by atoms with Crippen molar-refractivity contribution in [2.75, 3.05) is 18.0 Å². The number of aryl methyl sites for hydroxylation is 1. The molecule has 1 aromatic rings. The summed E-state index contributed by atoms with van der Waals surface area (Å²) in [6.45, 7) is 8.02. The summed E-state index contributed by atoms with van der Waals surface area (Å²) in [4.78, 5) is 10.7. The first kappa shape index (κ1) is 10.4. The van der Waals surface area contributed by atoms with Crippen molar-refractivity contribution in [1.82, 2.24) is 9.97 Å². The van der Waals surface area contributed by atoms with Gasteiger partial charge < -0.3 is 10.6 Å². The number of rotatable bonds is 2. The summed E-state index contributed by atoms with van der Waals surface area (Å²) < 4.78 is 0. The smallest absolute Gasteiger partial charge is 0.132 e. The van der Waals surface area contributed by atoms with Crippen molar-refractivity contribution < 1.29 is 0 Å². The number of nitrogens with two attached hydrogens (primary N) is 1. The van der Waals surface area contributed by atoms with Gasteiger partial charge in [-0.2, -0.15) is 0 Å². The van der Waals surface area contributed by atoms with E-state index in [0.29, 0.717) is 5.92 Å². The number of anilines is 1. The number of hydrogen-bond donors (Lipinski definition) is 1. The molecule has 2 rings (SSSR count). The second-order valence-electron chi connectivity index (χ2n) is 4.71. The highest BCUT2D eigenvalue weighted by Gasteiger charge is 2.42. The molecule has 0 unspecified atom stereocenters. The molecule has 0 bridgehead atoms. The third-order valence-electron chi connectivity index (χ3n) is 3.21. The van der Waals surface area contributed by atoms with Gasteiger partial charge in [-0.1, -0.05) is 13.8 Å². The summed E-state index contributed by atoms with van der Waals surface area (Å²) in [5, 5.41) is 0. The van der Waals surface area contributed by atoms with Gasteiger partial charge in [0.15, 0.2) is 0 Å². The van der Waals surface area contributed by atoms with E-state index in [2.05, 4.69) is 28.7 Å². The Bertz CT molecular complexity index is 355. The Morgan fingerprint density at radius 1 is 1.47 bits per heavy atom. The van der Waals surface area contributed by atoms with Gasteiger partial charge in [0.1, 0.15) is 11.6 Å². The molecule has 82 valence electrons. The molecule has 1 aliphatic rings. The number of nitrogens with zero attached hydrogens (tertiary/aromatic N) is 3. The van der Waals surface area contributed by atoms with E-state index >= 15 is 0 Å². The van der Waals surface area contributed by atoms with Crippen LogP contribution >= 0.6 is 0 Å². The lowest BCUT2D eigenvalue weighted by molar-refractivity contribution is 0.243. The molecule has 1 fully saturated rings. The highest BCUT2D eigenvalue weighted by atomic mass is 15.3. The zero-order chi connectivity index (χ0) is 11.1. The first-order valence-corrected chi connectivity index (χ1v) is 5.35. The van der Waals surface area contributed by atoms with Crippen LogP contribution in [0, 0.1) is 12.8 Å². The fraction of sp³-hybridized carbons (Fsp3) is 0.636. The molecule has 0 radical (unpaired) electrons. The number of hydrogen-bond acceptors (Lipinski definition) is 4. The minimum absolute atomic E-state index is 0.0428. The molecule has 4 heteroatoms. The van der Waals surface area contributed by atoms with E-state index in [1.54, 1.807) is 6.20 Å². The normalized spacial score (nSPS) is 19.1. The van der Waals surface area contributed by atoms with Gasteiger partial charge in [0.2, 0.25) is 0 Å². The second-order valence-corrected chi connectivity index (χ2v) is 4.71. The topological polar surface area (TPSA) is 55.0 Å². The first-order valence-electron chi connectivity index (χ1n) is 5.35. The van der Waals surface area contributed by atoms with E-state index in [9.17, 15) is 0 Å². The van der Waals surface area contributed by atoms with Crippen molar-refractivity contribution in [1.29, 1.82) is 0 Å². The van der Waals surface area contributed by atoms with Gasteiger partial charge in [-0.15, -0.1) is 0 Å². The van der Waals surface area contributed by atoms with E-state index < -0.39 is 0 Å². The molecule has 0 atom stereocenters. The fourth-order valence-electron chi connectivity index (χ4n) is 1.81. The summed E-state index contributed by atoms with van der Waals surface area (Å²) in [7, 11) is 0. The van der Waals surface area contributed by atoms with Crippen LogP contribution in [0.2, 0.25) is 0 Å². The van der Waals surface area contributed by atoms with Crippen molar-refractivity contribution in [3.63, 3.8) is 0 Å². The quantitative estimate of drug-likeness (QED) is 0.783. The van der Waals surface area contributed by atoms with Crippen molar-refractivity contribution in [3.05, 3.63) is 18.1 Å². The molecule has 15 heavy (non-hydrogen) atoms. The molecule has 1 aromatic heterocycles. The number of aromatic nitrogens is 2. The SMILES string of the molecule is Cc1nccc(N2CC(N)(C(C)C)C2)n1. The third kappa shape index (κ3) is 1.81. The van der Waals surface area contributed by atoms with Crippen LogP contribution in [-0.4, -0.2) is 28.6 Å². The predicted octanol–water partition coefficient (Wildman–Crippen LogP) is 0.959. The average molecular weight is 206 g/mol. The highest BCUT2D eigenvalue weighted by molar-refractivity contribution is 5.44. The van der Waals surface area contributed by atoms with Crippen LogP contribution < -0.4 is 10.6 Å². The Balaban J connectivity index is 2.06. The van der Waals surface area contributed by atoms with Gasteiger partial charge in [-0.05, 0) is 18.9 Å². The molecule has 1 aliphatic heterocycles. The standard InChI is InChI=1S/C11H18N4/c1-8(2)11(12)6-15(7-11)10-4-5-13-9(3)14-10/h4-5,8H,6-7,12H2,1-3H3. The fourth-order valence-corrected chi connectivity index (χ4v) is 1.81. The Morgan fingerprint density at radius 3 is 2.67 bits per heavy atom. The van der Waals surface area contributed by atoms with Crippen molar-refractivity contribution >= 4 is 5.82 Å². The molecule has 2 heterocycles. The second kappa shape index (κ2) is 3.45. The van der Waals surface area contributed by atoms with E-state index in [1.165, 1.54) is 0 Å². The van der Waals surface area contributed by atoms with Crippen LogP contribution in [0.4, 0.5) is 5.82 Å². The molecule has 0 spiro atoms. The van der Waals surface area contributed by atoms with Gasteiger partial charge in [-0.3, -0.25) is 0 Å². The van der Waals surface area contributed by atoms with Crippen LogP contribution in [0.5, 0.6) is 0 Å². The Labute approximate surface area is 90.5 Å². The van der Waals surface area contributed by atoms with Crippen molar-refractivity contribution in [2.24, 2.45) is 11.7 Å². The molecule has 0 amide bonds. The molecule has 0 aliphatic carbocycles. The molecule has 2 N–H and O–H groups in total. The summed E-state index contributed by atoms with van der Waals surface area (Å²) in [5.74, 6) is 2.31. The van der Waals surface area contributed by atoms with Gasteiger partial charge >= 0.3 is 0 Å². The molecular weight excluding hydrogens is 188 g/mol. The highest BCUT2D eigenvalue weighted by Crippen LogP contribution is 2.29.